The second-order valence-corrected chi connectivity index (χ2v) is 6.77. The molecule has 0 aromatic heterocycles. The molecular formula is C16H22N2O3S. The second kappa shape index (κ2) is 6.60. The molecule has 0 radical (unpaired) electrons. The average Bonchev–Trinajstić information content (AvgIpc) is 2.78. The Balaban J connectivity index is 2.17. The zero-order chi connectivity index (χ0) is 16.3. The molecule has 1 aliphatic rings. The molecule has 1 unspecified atom stereocenters. The summed E-state index contributed by atoms with van der Waals surface area (Å²) < 4.78 is 5.26. The number of hydrogen-bond donors (Lipinski definition) is 2. The highest BCUT2D eigenvalue weighted by molar-refractivity contribution is 7.80. The third kappa shape index (κ3) is 4.16. The Morgan fingerprint density at radius 3 is 2.68 bits per heavy atom. The molecule has 1 N–H and O–H groups in total. The first kappa shape index (κ1) is 16.7. The van der Waals surface area contributed by atoms with Crippen molar-refractivity contribution in [2.75, 3.05) is 22.5 Å². The van der Waals surface area contributed by atoms with Gasteiger partial charge in [-0.2, -0.15) is 12.6 Å². The molecule has 1 aromatic carbocycles. The summed E-state index contributed by atoms with van der Waals surface area (Å²) in [5.41, 5.74) is 0.701. The number of thiol groups is 1. The van der Waals surface area contributed by atoms with Crippen LogP contribution in [0.2, 0.25) is 0 Å². The molecule has 1 aromatic rings. The number of benzene rings is 1. The van der Waals surface area contributed by atoms with Crippen molar-refractivity contribution in [3.8, 4) is 0 Å². The predicted octanol–water partition coefficient (Wildman–Crippen LogP) is 3.32. The predicted molar refractivity (Wildman–Crippen MR) is 90.6 cm³/mol. The second-order valence-electron chi connectivity index (χ2n) is 6.40. The van der Waals surface area contributed by atoms with Crippen LogP contribution < -0.4 is 10.2 Å². The fraction of sp³-hybridized carbons (Fsp3) is 0.500. The van der Waals surface area contributed by atoms with Crippen molar-refractivity contribution in [1.29, 1.82) is 0 Å². The van der Waals surface area contributed by atoms with E-state index in [1.165, 1.54) is 0 Å². The van der Waals surface area contributed by atoms with Crippen LogP contribution in [0.25, 0.3) is 0 Å². The lowest BCUT2D eigenvalue weighted by Crippen LogP contribution is -2.29. The van der Waals surface area contributed by atoms with E-state index in [1.807, 2.05) is 18.2 Å². The van der Waals surface area contributed by atoms with E-state index in [1.54, 1.807) is 31.7 Å². The molecule has 6 heteroatoms. The van der Waals surface area contributed by atoms with Crippen molar-refractivity contribution >= 4 is 36.0 Å². The summed E-state index contributed by atoms with van der Waals surface area (Å²) >= 11 is 4.27. The van der Waals surface area contributed by atoms with E-state index >= 15 is 0 Å². The van der Waals surface area contributed by atoms with Gasteiger partial charge in [-0.05, 0) is 44.6 Å². The lowest BCUT2D eigenvalue weighted by Gasteiger charge is -2.23. The molecule has 0 bridgehead atoms. The average molecular weight is 322 g/mol. The van der Waals surface area contributed by atoms with Crippen LogP contribution in [0, 0.1) is 5.92 Å². The maximum atomic E-state index is 12.2. The van der Waals surface area contributed by atoms with Gasteiger partial charge in [-0.3, -0.25) is 10.1 Å². The number of carbonyl (C=O) groups is 2. The third-order valence-corrected chi connectivity index (χ3v) is 3.81. The van der Waals surface area contributed by atoms with E-state index in [4.69, 9.17) is 4.74 Å². The van der Waals surface area contributed by atoms with E-state index in [-0.39, 0.29) is 11.8 Å². The molecule has 0 spiro atoms. The zero-order valence-corrected chi connectivity index (χ0v) is 14.0. The van der Waals surface area contributed by atoms with Gasteiger partial charge in [-0.15, -0.1) is 0 Å². The van der Waals surface area contributed by atoms with Crippen molar-refractivity contribution in [2.45, 2.75) is 32.8 Å². The Labute approximate surface area is 136 Å². The van der Waals surface area contributed by atoms with Gasteiger partial charge in [0, 0.05) is 13.0 Å². The SMILES string of the molecule is CC(C)(C)OC(=O)Nc1ccccc1N1CC(CS)CC1=O. The molecule has 5 nitrogen and oxygen atoms in total. The van der Waals surface area contributed by atoms with Crippen molar-refractivity contribution < 1.29 is 14.3 Å². The monoisotopic (exact) mass is 322 g/mol. The van der Waals surface area contributed by atoms with Crippen LogP contribution in [0.1, 0.15) is 27.2 Å². The zero-order valence-electron chi connectivity index (χ0n) is 13.1. The van der Waals surface area contributed by atoms with Gasteiger partial charge in [0.15, 0.2) is 0 Å². The van der Waals surface area contributed by atoms with Gasteiger partial charge >= 0.3 is 6.09 Å². The van der Waals surface area contributed by atoms with Gasteiger partial charge in [0.2, 0.25) is 5.91 Å². The summed E-state index contributed by atoms with van der Waals surface area (Å²) in [6.45, 7) is 6.04. The fourth-order valence-electron chi connectivity index (χ4n) is 2.36. The number of rotatable bonds is 3. The summed E-state index contributed by atoms with van der Waals surface area (Å²) in [5.74, 6) is 0.965. The Kier molecular flexibility index (Phi) is 5.01. The number of ether oxygens (including phenoxy) is 1. The fourth-order valence-corrected chi connectivity index (χ4v) is 2.61. The first-order valence-electron chi connectivity index (χ1n) is 7.30. The smallest absolute Gasteiger partial charge is 0.412 e. The summed E-state index contributed by atoms with van der Waals surface area (Å²) in [4.78, 5) is 25.8. The number of carbonyl (C=O) groups excluding carboxylic acids is 2. The first-order chi connectivity index (χ1) is 10.3. The molecule has 0 aliphatic carbocycles. The van der Waals surface area contributed by atoms with Crippen LogP contribution in [0.15, 0.2) is 24.3 Å². The molecule has 2 amide bonds. The van der Waals surface area contributed by atoms with E-state index in [0.29, 0.717) is 30.1 Å². The summed E-state index contributed by atoms with van der Waals surface area (Å²) in [7, 11) is 0. The van der Waals surface area contributed by atoms with E-state index in [0.717, 1.165) is 0 Å². The molecule has 2 rings (SSSR count). The van der Waals surface area contributed by atoms with Gasteiger partial charge in [0.05, 0.1) is 11.4 Å². The minimum Gasteiger partial charge on any atom is -0.444 e. The summed E-state index contributed by atoms with van der Waals surface area (Å²) in [6, 6.07) is 7.25. The lowest BCUT2D eigenvalue weighted by atomic mass is 10.1. The van der Waals surface area contributed by atoms with Crippen LogP contribution in [0.4, 0.5) is 16.2 Å². The first-order valence-corrected chi connectivity index (χ1v) is 7.93. The molecule has 0 saturated carbocycles. The molecule has 22 heavy (non-hydrogen) atoms. The number of amides is 2. The van der Waals surface area contributed by atoms with Gasteiger partial charge < -0.3 is 9.64 Å². The van der Waals surface area contributed by atoms with E-state index in [2.05, 4.69) is 17.9 Å². The molecule has 1 heterocycles. The topological polar surface area (TPSA) is 58.6 Å². The number of anilines is 2. The molecule has 120 valence electrons. The maximum absolute atomic E-state index is 12.2. The third-order valence-electron chi connectivity index (χ3n) is 3.29. The minimum absolute atomic E-state index is 0.0532. The van der Waals surface area contributed by atoms with Crippen molar-refractivity contribution in [3.63, 3.8) is 0 Å². The van der Waals surface area contributed by atoms with Crippen LogP contribution >= 0.6 is 12.6 Å². The standard InChI is InChI=1S/C16H22N2O3S/c1-16(2,3)21-15(20)17-12-6-4-5-7-13(12)18-9-11(10-22)8-14(18)19/h4-7,11,22H,8-10H2,1-3H3,(H,17,20). The lowest BCUT2D eigenvalue weighted by molar-refractivity contribution is -0.117. The molecule has 1 saturated heterocycles. The van der Waals surface area contributed by atoms with Gasteiger partial charge in [-0.25, -0.2) is 4.79 Å². The number of para-hydroxylation sites is 2. The van der Waals surface area contributed by atoms with E-state index in [9.17, 15) is 9.59 Å². The maximum Gasteiger partial charge on any atom is 0.412 e. The van der Waals surface area contributed by atoms with Gasteiger partial charge in [0.25, 0.3) is 0 Å². The Morgan fingerprint density at radius 2 is 2.09 bits per heavy atom. The highest BCUT2D eigenvalue weighted by Crippen LogP contribution is 2.32. The Hall–Kier alpha value is -1.69. The van der Waals surface area contributed by atoms with Crippen molar-refractivity contribution in [1.82, 2.24) is 0 Å². The Bertz CT molecular complexity index is 569. The van der Waals surface area contributed by atoms with E-state index < -0.39 is 11.7 Å². The Morgan fingerprint density at radius 1 is 1.41 bits per heavy atom. The van der Waals surface area contributed by atoms with Crippen LogP contribution in [0.5, 0.6) is 0 Å². The summed E-state index contributed by atoms with van der Waals surface area (Å²) in [5, 5.41) is 2.72. The molecular weight excluding hydrogens is 300 g/mol. The van der Waals surface area contributed by atoms with Crippen LogP contribution in [-0.4, -0.2) is 29.9 Å². The number of hydrogen-bond acceptors (Lipinski definition) is 4. The summed E-state index contributed by atoms with van der Waals surface area (Å²) in [6.07, 6.45) is -0.0399. The minimum atomic E-state index is -0.570. The molecule has 1 aliphatic heterocycles. The van der Waals surface area contributed by atoms with Crippen molar-refractivity contribution in [2.24, 2.45) is 5.92 Å². The van der Waals surface area contributed by atoms with Crippen molar-refractivity contribution in [3.05, 3.63) is 24.3 Å². The number of nitrogens with one attached hydrogen (secondary N) is 1. The van der Waals surface area contributed by atoms with Gasteiger partial charge in [-0.1, -0.05) is 12.1 Å². The van der Waals surface area contributed by atoms with Crippen LogP contribution in [0.3, 0.4) is 0 Å². The molecule has 1 atom stereocenters. The normalized spacial score (nSPS) is 18.5. The highest BCUT2D eigenvalue weighted by Gasteiger charge is 2.31. The van der Waals surface area contributed by atoms with Gasteiger partial charge in [0.1, 0.15) is 5.60 Å². The quantitative estimate of drug-likeness (QED) is 0.839. The molecule has 1 fully saturated rings. The highest BCUT2D eigenvalue weighted by atomic mass is 32.1. The number of nitrogens with zero attached hydrogens (tertiary/aromatic N) is 1. The van der Waals surface area contributed by atoms with Crippen LogP contribution in [-0.2, 0) is 9.53 Å². The largest absolute Gasteiger partial charge is 0.444 e.